The fourth-order valence-electron chi connectivity index (χ4n) is 4.31. The molecule has 8 nitrogen and oxygen atoms in total. The van der Waals surface area contributed by atoms with Crippen molar-refractivity contribution in [2.24, 2.45) is 5.92 Å². The van der Waals surface area contributed by atoms with Crippen LogP contribution in [0.25, 0.3) is 0 Å². The Morgan fingerprint density at radius 1 is 1.03 bits per heavy atom. The molecule has 1 aromatic heterocycles. The smallest absolute Gasteiger partial charge is 0.256 e. The molecule has 0 radical (unpaired) electrons. The minimum Gasteiger partial charge on any atom is -0.490 e. The summed E-state index contributed by atoms with van der Waals surface area (Å²) in [4.78, 5) is 28.8. The highest BCUT2D eigenvalue weighted by molar-refractivity contribution is 6.01. The highest BCUT2D eigenvalue weighted by Crippen LogP contribution is 2.29. The van der Waals surface area contributed by atoms with Gasteiger partial charge in [-0.1, -0.05) is 0 Å². The number of halogens is 2. The van der Waals surface area contributed by atoms with E-state index in [4.69, 9.17) is 4.74 Å². The lowest BCUT2D eigenvalue weighted by Crippen LogP contribution is -2.51. The van der Waals surface area contributed by atoms with E-state index in [0.29, 0.717) is 56.3 Å². The summed E-state index contributed by atoms with van der Waals surface area (Å²) in [5, 5.41) is 11.1. The third-order valence-electron chi connectivity index (χ3n) is 6.43. The highest BCUT2D eigenvalue weighted by atomic mass is 19.1. The minimum atomic E-state index is -0.860. The molecule has 10 heteroatoms. The number of amides is 2. The number of hydrogen-bond donors (Lipinski definition) is 1. The van der Waals surface area contributed by atoms with E-state index in [1.807, 2.05) is 12.1 Å². The van der Waals surface area contributed by atoms with E-state index in [0.717, 1.165) is 12.1 Å². The summed E-state index contributed by atoms with van der Waals surface area (Å²) in [5.74, 6) is -1.09. The standard InChI is InChI=1S/C26H25F2N5O3/c27-18-3-8-22(23(28)14-18)26(35)32-12-9-21(10-13-32)36-20-6-4-19(5-7-20)33(24-2-1-11-30-31-24)25(34)17-15-29-16-17/h1-8,11,14,17,21,29H,9-10,12-13,15-16H2. The number of rotatable bonds is 6. The van der Waals surface area contributed by atoms with Crippen LogP contribution < -0.4 is 15.0 Å². The van der Waals surface area contributed by atoms with E-state index in [2.05, 4.69) is 15.5 Å². The Morgan fingerprint density at radius 2 is 1.78 bits per heavy atom. The first kappa shape index (κ1) is 23.8. The molecule has 2 aromatic carbocycles. The van der Waals surface area contributed by atoms with Crippen LogP contribution in [-0.2, 0) is 4.79 Å². The van der Waals surface area contributed by atoms with Crippen molar-refractivity contribution < 1.29 is 23.1 Å². The van der Waals surface area contributed by atoms with E-state index in [1.54, 1.807) is 40.3 Å². The van der Waals surface area contributed by atoms with Crippen molar-refractivity contribution in [1.29, 1.82) is 0 Å². The molecule has 186 valence electrons. The molecule has 0 spiro atoms. The molecule has 2 fully saturated rings. The first-order valence-electron chi connectivity index (χ1n) is 11.8. The predicted molar refractivity (Wildman–Crippen MR) is 128 cm³/mol. The van der Waals surface area contributed by atoms with Crippen molar-refractivity contribution >= 4 is 23.3 Å². The van der Waals surface area contributed by atoms with Gasteiger partial charge in [0.1, 0.15) is 23.5 Å². The van der Waals surface area contributed by atoms with Crippen LogP contribution in [-0.4, -0.2) is 59.2 Å². The maximum Gasteiger partial charge on any atom is 0.256 e. The van der Waals surface area contributed by atoms with Gasteiger partial charge < -0.3 is 15.0 Å². The van der Waals surface area contributed by atoms with Crippen LogP contribution in [0.2, 0.25) is 0 Å². The highest BCUT2D eigenvalue weighted by Gasteiger charge is 2.32. The monoisotopic (exact) mass is 493 g/mol. The quantitative estimate of drug-likeness (QED) is 0.567. The van der Waals surface area contributed by atoms with Gasteiger partial charge in [-0.3, -0.25) is 14.5 Å². The van der Waals surface area contributed by atoms with Crippen LogP contribution in [0.4, 0.5) is 20.3 Å². The van der Waals surface area contributed by atoms with Crippen LogP contribution in [0.5, 0.6) is 5.75 Å². The Morgan fingerprint density at radius 3 is 2.39 bits per heavy atom. The number of anilines is 2. The number of aromatic nitrogens is 2. The number of carbonyl (C=O) groups excluding carboxylic acids is 2. The van der Waals surface area contributed by atoms with Crippen molar-refractivity contribution in [3.8, 4) is 5.75 Å². The molecule has 0 unspecified atom stereocenters. The second-order valence-corrected chi connectivity index (χ2v) is 8.84. The average molecular weight is 494 g/mol. The number of ether oxygens (including phenoxy) is 1. The molecule has 3 heterocycles. The Labute approximate surface area is 206 Å². The molecule has 0 saturated carbocycles. The van der Waals surface area contributed by atoms with Gasteiger partial charge in [0.15, 0.2) is 5.82 Å². The first-order valence-corrected chi connectivity index (χ1v) is 11.8. The molecule has 2 amide bonds. The predicted octanol–water partition coefficient (Wildman–Crippen LogP) is 3.32. The van der Waals surface area contributed by atoms with Crippen LogP contribution in [0, 0.1) is 17.6 Å². The summed E-state index contributed by atoms with van der Waals surface area (Å²) in [6.07, 6.45) is 2.60. The Bertz CT molecular complexity index is 1230. The zero-order chi connectivity index (χ0) is 25.1. The van der Waals surface area contributed by atoms with Gasteiger partial charge in [0.2, 0.25) is 5.91 Å². The van der Waals surface area contributed by atoms with Crippen LogP contribution >= 0.6 is 0 Å². The number of piperidine rings is 1. The maximum absolute atomic E-state index is 14.0. The van der Waals surface area contributed by atoms with Gasteiger partial charge >= 0.3 is 0 Å². The van der Waals surface area contributed by atoms with Crippen LogP contribution in [0.1, 0.15) is 23.2 Å². The Hall–Kier alpha value is -3.92. The van der Waals surface area contributed by atoms with E-state index in [9.17, 15) is 18.4 Å². The lowest BCUT2D eigenvalue weighted by Gasteiger charge is -2.33. The summed E-state index contributed by atoms with van der Waals surface area (Å²) in [6, 6.07) is 13.7. The molecule has 2 aliphatic rings. The molecule has 0 atom stereocenters. The summed E-state index contributed by atoms with van der Waals surface area (Å²) >= 11 is 0. The van der Waals surface area contributed by atoms with Gasteiger partial charge in [-0.15, -0.1) is 5.10 Å². The number of likely N-dealkylation sites (tertiary alicyclic amines) is 1. The summed E-state index contributed by atoms with van der Waals surface area (Å²) in [6.45, 7) is 2.07. The van der Waals surface area contributed by atoms with Gasteiger partial charge in [0.25, 0.3) is 5.91 Å². The number of benzene rings is 2. The molecule has 0 aliphatic carbocycles. The lowest BCUT2D eigenvalue weighted by atomic mass is 10.0. The second-order valence-electron chi connectivity index (χ2n) is 8.84. The number of nitrogens with zero attached hydrogens (tertiary/aromatic N) is 4. The molecule has 3 aromatic rings. The Kier molecular flexibility index (Phi) is 6.86. The Balaban J connectivity index is 1.21. The molecule has 0 bridgehead atoms. The number of hydrogen-bond acceptors (Lipinski definition) is 6. The van der Waals surface area contributed by atoms with E-state index in [-0.39, 0.29) is 23.5 Å². The largest absolute Gasteiger partial charge is 0.490 e. The van der Waals surface area contributed by atoms with E-state index in [1.165, 1.54) is 6.07 Å². The fraction of sp³-hybridized carbons (Fsp3) is 0.308. The number of nitrogens with one attached hydrogen (secondary N) is 1. The van der Waals surface area contributed by atoms with Crippen molar-refractivity contribution in [3.63, 3.8) is 0 Å². The third-order valence-corrected chi connectivity index (χ3v) is 6.43. The van der Waals surface area contributed by atoms with Gasteiger partial charge in [-0.25, -0.2) is 8.78 Å². The molecule has 1 N–H and O–H groups in total. The molecule has 5 rings (SSSR count). The summed E-state index contributed by atoms with van der Waals surface area (Å²) < 4.78 is 33.2. The molecule has 36 heavy (non-hydrogen) atoms. The number of carbonyl (C=O) groups is 2. The van der Waals surface area contributed by atoms with Crippen molar-refractivity contribution in [1.82, 2.24) is 20.4 Å². The van der Waals surface area contributed by atoms with Gasteiger partial charge in [0.05, 0.1) is 17.2 Å². The van der Waals surface area contributed by atoms with Crippen LogP contribution in [0.15, 0.2) is 60.8 Å². The van der Waals surface area contributed by atoms with Crippen molar-refractivity contribution in [2.75, 3.05) is 31.1 Å². The van der Waals surface area contributed by atoms with Crippen LogP contribution in [0.3, 0.4) is 0 Å². The zero-order valence-corrected chi connectivity index (χ0v) is 19.4. The van der Waals surface area contributed by atoms with Gasteiger partial charge in [-0.2, -0.15) is 5.10 Å². The molecule has 2 saturated heterocycles. The van der Waals surface area contributed by atoms with Crippen molar-refractivity contribution in [2.45, 2.75) is 18.9 Å². The maximum atomic E-state index is 14.0. The lowest BCUT2D eigenvalue weighted by molar-refractivity contribution is -0.123. The SMILES string of the molecule is O=C(c1ccc(F)cc1F)N1CCC(Oc2ccc(N(C(=O)C3CNC3)c3cccnn3)cc2)CC1. The van der Waals surface area contributed by atoms with E-state index < -0.39 is 17.5 Å². The zero-order valence-electron chi connectivity index (χ0n) is 19.4. The van der Waals surface area contributed by atoms with Gasteiger partial charge in [-0.05, 0) is 48.5 Å². The minimum absolute atomic E-state index is 0.0439. The van der Waals surface area contributed by atoms with Gasteiger partial charge in [0, 0.05) is 51.3 Å². The van der Waals surface area contributed by atoms with Crippen molar-refractivity contribution in [3.05, 3.63) is 78.0 Å². The first-order chi connectivity index (χ1) is 17.5. The molecular weight excluding hydrogens is 468 g/mol. The normalized spacial score (nSPS) is 16.3. The topological polar surface area (TPSA) is 87.7 Å². The third kappa shape index (κ3) is 5.03. The molecular formula is C26H25F2N5O3. The average Bonchev–Trinajstić information content (AvgIpc) is 2.85. The fourth-order valence-corrected chi connectivity index (χ4v) is 4.31. The molecule has 2 aliphatic heterocycles. The summed E-state index contributed by atoms with van der Waals surface area (Å²) in [5.41, 5.74) is 0.535. The van der Waals surface area contributed by atoms with E-state index >= 15 is 0 Å². The summed E-state index contributed by atoms with van der Waals surface area (Å²) in [7, 11) is 0. The second kappa shape index (κ2) is 10.4.